The molecule has 58 heavy (non-hydrogen) atoms. The van der Waals surface area contributed by atoms with Gasteiger partial charge in [0, 0.05) is 82.9 Å². The molecule has 9 rings (SSSR count). The maximum Gasteiger partial charge on any atom is 0.329 e. The van der Waals surface area contributed by atoms with Crippen LogP contribution in [-0.2, 0) is 11.8 Å². The number of piperidine rings is 1. The molecule has 7 heterocycles. The van der Waals surface area contributed by atoms with Crippen molar-refractivity contribution in [3.63, 3.8) is 0 Å². The summed E-state index contributed by atoms with van der Waals surface area (Å²) in [6.45, 7) is 8.93. The molecule has 17 heteroatoms. The van der Waals surface area contributed by atoms with Crippen molar-refractivity contribution in [2.45, 2.75) is 70.9 Å². The predicted octanol–water partition coefficient (Wildman–Crippen LogP) is 5.33. The Kier molecular flexibility index (Phi) is 10.00. The number of anilines is 5. The van der Waals surface area contributed by atoms with Gasteiger partial charge in [0.25, 0.3) is 5.56 Å². The van der Waals surface area contributed by atoms with Gasteiger partial charge in [0.05, 0.1) is 39.1 Å². The van der Waals surface area contributed by atoms with Crippen LogP contribution < -0.4 is 30.9 Å². The number of benzene rings is 1. The Morgan fingerprint density at radius 1 is 0.879 bits per heavy atom. The number of carbonyl (C=O) groups is 3. The number of nitrogens with zero attached hydrogens (tertiary/aromatic N) is 10. The van der Waals surface area contributed by atoms with Gasteiger partial charge < -0.3 is 15.1 Å². The van der Waals surface area contributed by atoms with Gasteiger partial charge in [-0.05, 0) is 69.4 Å². The number of hydrogen-bond acceptors (Lipinski definition) is 12. The summed E-state index contributed by atoms with van der Waals surface area (Å²) in [6.07, 6.45) is 9.75. The Morgan fingerprint density at radius 3 is 2.33 bits per heavy atom. The number of aryl methyl sites for hydroxylation is 2. The van der Waals surface area contributed by atoms with E-state index in [0.29, 0.717) is 50.6 Å². The number of carbonyl (C=O) groups excluding carboxylic acids is 3. The Labute approximate surface area is 340 Å². The van der Waals surface area contributed by atoms with Gasteiger partial charge in [0.2, 0.25) is 11.9 Å². The van der Waals surface area contributed by atoms with Crippen molar-refractivity contribution >= 4 is 80.2 Å². The van der Waals surface area contributed by atoms with E-state index in [9.17, 15) is 19.2 Å². The summed E-state index contributed by atoms with van der Waals surface area (Å²) < 4.78 is 3.51. The number of fused-ring (bicyclic) bond motifs is 2. The maximum absolute atomic E-state index is 13.6. The third-order valence-corrected chi connectivity index (χ3v) is 12.8. The molecule has 2 N–H and O–H groups in total. The summed E-state index contributed by atoms with van der Waals surface area (Å²) in [7, 11) is 1.87. The Morgan fingerprint density at radius 2 is 1.64 bits per heavy atom. The lowest BCUT2D eigenvalue weighted by molar-refractivity contribution is -0.120. The molecule has 1 aromatic carbocycles. The first-order valence-electron chi connectivity index (χ1n) is 20.2. The molecule has 4 aromatic heterocycles. The average molecular weight is 807 g/mol. The second-order valence-corrected chi connectivity index (χ2v) is 16.3. The molecule has 16 nitrogen and oxygen atoms in total. The minimum absolute atomic E-state index is 0.0118. The van der Waals surface area contributed by atoms with E-state index >= 15 is 0 Å². The molecular formula is C41H47ClN12O4. The Bertz CT molecular complexity index is 2500. The average Bonchev–Trinajstić information content (AvgIpc) is 3.87. The smallest absolute Gasteiger partial charge is 0.329 e. The van der Waals surface area contributed by atoms with Crippen molar-refractivity contribution in [3.8, 4) is 0 Å². The summed E-state index contributed by atoms with van der Waals surface area (Å²) in [4.78, 5) is 73.5. The highest BCUT2D eigenvalue weighted by Gasteiger charge is 2.33. The zero-order chi connectivity index (χ0) is 40.2. The van der Waals surface area contributed by atoms with Gasteiger partial charge in [-0.3, -0.25) is 38.7 Å². The molecule has 0 atom stereocenters. The fourth-order valence-corrected chi connectivity index (χ4v) is 9.67. The lowest BCUT2D eigenvalue weighted by Crippen LogP contribution is -2.53. The third-order valence-electron chi connectivity index (χ3n) is 12.4. The van der Waals surface area contributed by atoms with Crippen LogP contribution in [0.4, 0.5) is 33.8 Å². The summed E-state index contributed by atoms with van der Waals surface area (Å²) in [5.41, 5.74) is 4.08. The second-order valence-electron chi connectivity index (χ2n) is 15.9. The van der Waals surface area contributed by atoms with E-state index in [-0.39, 0.29) is 41.8 Å². The van der Waals surface area contributed by atoms with E-state index in [1.807, 2.05) is 31.4 Å². The lowest BCUT2D eigenvalue weighted by Gasteiger charge is -2.43. The van der Waals surface area contributed by atoms with Gasteiger partial charge >= 0.3 is 6.03 Å². The van der Waals surface area contributed by atoms with Crippen LogP contribution in [0, 0.1) is 6.92 Å². The van der Waals surface area contributed by atoms with Crippen LogP contribution in [0.25, 0.3) is 21.9 Å². The number of urea groups is 1. The van der Waals surface area contributed by atoms with Crippen LogP contribution in [0.2, 0.25) is 5.02 Å². The molecule has 0 unspecified atom stereocenters. The largest absolute Gasteiger partial charge is 0.370 e. The quantitative estimate of drug-likeness (QED) is 0.194. The van der Waals surface area contributed by atoms with Crippen LogP contribution >= 0.6 is 11.6 Å². The van der Waals surface area contributed by atoms with Gasteiger partial charge in [-0.1, -0.05) is 24.4 Å². The zero-order valence-electron chi connectivity index (χ0n) is 33.0. The molecule has 0 spiro atoms. The van der Waals surface area contributed by atoms with Crippen molar-refractivity contribution in [1.82, 2.24) is 39.5 Å². The SMILES string of the molecule is CC(=O)c1c(C)c2cnc(Nc3ccc(N4CCC(N5CCN(c6ccc(Cl)c7c(N8CCC(=O)NC8=O)nn(C)c67)CC5)CC4)cn3)nc2n(C2CCCC2)c1=O. The summed E-state index contributed by atoms with van der Waals surface area (Å²) in [6, 6.07) is 7.93. The van der Waals surface area contributed by atoms with Gasteiger partial charge in [0.1, 0.15) is 11.5 Å². The molecule has 3 amide bonds. The van der Waals surface area contributed by atoms with Crippen LogP contribution in [0.3, 0.4) is 0 Å². The normalized spacial score (nSPS) is 18.8. The van der Waals surface area contributed by atoms with Gasteiger partial charge in [-0.2, -0.15) is 10.1 Å². The van der Waals surface area contributed by atoms with Gasteiger partial charge in [-0.15, -0.1) is 0 Å². The lowest BCUT2D eigenvalue weighted by atomic mass is 10.0. The highest BCUT2D eigenvalue weighted by Crippen LogP contribution is 2.39. The van der Waals surface area contributed by atoms with Crippen LogP contribution in [0.5, 0.6) is 0 Å². The zero-order valence-corrected chi connectivity index (χ0v) is 33.8. The van der Waals surface area contributed by atoms with Crippen LogP contribution in [-0.4, -0.2) is 104 Å². The van der Waals surface area contributed by atoms with Gasteiger partial charge in [-0.25, -0.2) is 14.8 Å². The molecular weight excluding hydrogens is 760 g/mol. The Balaban J connectivity index is 0.828. The van der Waals surface area contributed by atoms with Crippen molar-refractivity contribution in [2.75, 3.05) is 65.8 Å². The fraction of sp³-hybridized carbons (Fsp3) is 0.463. The highest BCUT2D eigenvalue weighted by atomic mass is 35.5. The minimum Gasteiger partial charge on any atom is -0.370 e. The molecule has 1 saturated carbocycles. The van der Waals surface area contributed by atoms with Gasteiger partial charge in [0.15, 0.2) is 11.6 Å². The van der Waals surface area contributed by atoms with E-state index in [1.54, 1.807) is 22.4 Å². The summed E-state index contributed by atoms with van der Waals surface area (Å²) >= 11 is 6.73. The molecule has 3 saturated heterocycles. The molecule has 5 aromatic rings. The predicted molar refractivity (Wildman–Crippen MR) is 224 cm³/mol. The van der Waals surface area contributed by atoms with E-state index < -0.39 is 6.03 Å². The first-order valence-corrected chi connectivity index (χ1v) is 20.6. The standard InChI is InChI=1S/C41H47ClN12O4/c1-24-29-23-44-40(47-37(29)54(27-6-4-5-7-27)39(57)34(24)25(2)55)45-32-11-8-28(22-43-32)50-15-12-26(13-16-50)51-18-20-52(21-19-51)31-10-9-30(42)35-36(31)49(3)48-38(35)53-17-14-33(56)46-41(53)58/h8-11,22-23,26-27H,4-7,12-21H2,1-3H3,(H,46,56,58)(H,43,44,45,47). The Hall–Kier alpha value is -5.61. The van der Waals surface area contributed by atoms with Crippen molar-refractivity contribution in [1.29, 1.82) is 0 Å². The van der Waals surface area contributed by atoms with Crippen molar-refractivity contribution in [3.05, 3.63) is 63.2 Å². The monoisotopic (exact) mass is 806 g/mol. The number of halogens is 1. The molecule has 4 aliphatic rings. The molecule has 3 aliphatic heterocycles. The van der Waals surface area contributed by atoms with E-state index in [4.69, 9.17) is 26.7 Å². The molecule has 0 bridgehead atoms. The first-order chi connectivity index (χ1) is 28.0. The third kappa shape index (κ3) is 6.81. The molecule has 302 valence electrons. The van der Waals surface area contributed by atoms with Crippen LogP contribution in [0.1, 0.15) is 73.8 Å². The minimum atomic E-state index is -0.481. The number of piperazine rings is 1. The van der Waals surface area contributed by atoms with Crippen LogP contribution in [0.15, 0.2) is 41.5 Å². The van der Waals surface area contributed by atoms with Crippen molar-refractivity contribution < 1.29 is 14.4 Å². The number of Topliss-reactive ketones (excluding diaryl/α,β-unsaturated/α-hetero) is 1. The summed E-state index contributed by atoms with van der Waals surface area (Å²) in [5, 5.41) is 12.3. The summed E-state index contributed by atoms with van der Waals surface area (Å²) in [5.74, 6) is 0.896. The number of ketones is 1. The van der Waals surface area contributed by atoms with E-state index in [0.717, 1.165) is 94.7 Å². The number of nitrogens with one attached hydrogen (secondary N) is 2. The number of amides is 3. The number of pyridine rings is 2. The highest BCUT2D eigenvalue weighted by molar-refractivity contribution is 6.37. The number of rotatable bonds is 8. The number of aromatic nitrogens is 6. The van der Waals surface area contributed by atoms with Crippen molar-refractivity contribution in [2.24, 2.45) is 7.05 Å². The topological polar surface area (TPSA) is 167 Å². The van der Waals surface area contributed by atoms with E-state index in [1.165, 1.54) is 11.8 Å². The van der Waals surface area contributed by atoms with E-state index in [2.05, 4.69) is 36.4 Å². The fourth-order valence-electron chi connectivity index (χ4n) is 9.44. The molecule has 0 radical (unpaired) electrons. The first kappa shape index (κ1) is 37.9. The number of hydrogen-bond donors (Lipinski definition) is 2. The molecule has 1 aliphatic carbocycles. The maximum atomic E-state index is 13.6. The molecule has 4 fully saturated rings. The number of imide groups is 1. The second kappa shape index (κ2) is 15.3.